The van der Waals surface area contributed by atoms with Crippen molar-refractivity contribution in [1.29, 1.82) is 0 Å². The number of benzene rings is 1. The van der Waals surface area contributed by atoms with E-state index in [-0.39, 0.29) is 24.7 Å². The molecule has 1 rings (SSSR count). The van der Waals surface area contributed by atoms with E-state index in [1.165, 1.54) is 26.2 Å². The highest BCUT2D eigenvalue weighted by Gasteiger charge is 2.31. The van der Waals surface area contributed by atoms with Crippen LogP contribution in [0.4, 0.5) is 0 Å². The molecule has 0 saturated carbocycles. The lowest BCUT2D eigenvalue weighted by atomic mass is 9.93. The molecule has 0 spiro atoms. The van der Waals surface area contributed by atoms with E-state index in [4.69, 9.17) is 10.5 Å². The molecule has 1 aromatic carbocycles. The summed E-state index contributed by atoms with van der Waals surface area (Å²) >= 11 is 0. The summed E-state index contributed by atoms with van der Waals surface area (Å²) in [5, 5.41) is 14.4. The highest BCUT2D eigenvalue weighted by atomic mass is 16.5. The minimum atomic E-state index is -1.17. The van der Waals surface area contributed by atoms with E-state index in [0.29, 0.717) is 0 Å². The van der Waals surface area contributed by atoms with Gasteiger partial charge in [-0.25, -0.2) is 0 Å². The number of ether oxygens (including phenoxy) is 1. The fourth-order valence-electron chi connectivity index (χ4n) is 4.38. The van der Waals surface area contributed by atoms with Gasteiger partial charge in [0.25, 0.3) is 0 Å². The van der Waals surface area contributed by atoms with Gasteiger partial charge in [0.05, 0.1) is 6.42 Å². The first-order valence-corrected chi connectivity index (χ1v) is 14.8. The standard InChI is InChI=1S/C31H51N3O6/c1-6-8-9-10-11-13-16-22(4)26(40-31(39)28(32)21(3)7-2)20-27(35)34-25(19-24-17-14-12-15-18-24)29(36)33-23(5)30(37)38/h12,14-15,17-18,21-23,25-26,28H,6-11,13,16,19-20,32H2,1-5H3,(H,33,36)(H,34,35)(H,37,38)/t21-,22+,23-,25-,26+,28-/m1/s1. The van der Waals surface area contributed by atoms with E-state index in [1.807, 2.05) is 51.1 Å². The fourth-order valence-corrected chi connectivity index (χ4v) is 4.38. The van der Waals surface area contributed by atoms with Crippen molar-refractivity contribution < 1.29 is 29.0 Å². The molecular formula is C31H51N3O6. The van der Waals surface area contributed by atoms with Crippen LogP contribution in [0.1, 0.15) is 98.0 Å². The average Bonchev–Trinajstić information content (AvgIpc) is 2.93. The molecule has 5 N–H and O–H groups in total. The number of carbonyl (C=O) groups is 4. The Kier molecular flexibility index (Phi) is 16.8. The van der Waals surface area contributed by atoms with Crippen molar-refractivity contribution in [3.8, 4) is 0 Å². The molecule has 0 heterocycles. The summed E-state index contributed by atoms with van der Waals surface area (Å²) in [4.78, 5) is 50.3. The van der Waals surface area contributed by atoms with Crippen LogP contribution < -0.4 is 16.4 Å². The van der Waals surface area contributed by atoms with Gasteiger partial charge < -0.3 is 26.2 Å². The first-order chi connectivity index (χ1) is 19.0. The van der Waals surface area contributed by atoms with E-state index in [9.17, 15) is 24.3 Å². The van der Waals surface area contributed by atoms with Crippen molar-refractivity contribution in [2.45, 2.75) is 123 Å². The fraction of sp³-hybridized carbons (Fsp3) is 0.677. The monoisotopic (exact) mass is 561 g/mol. The number of nitrogens with two attached hydrogens (primary N) is 1. The molecule has 9 heteroatoms. The van der Waals surface area contributed by atoms with E-state index >= 15 is 0 Å². The van der Waals surface area contributed by atoms with Crippen LogP contribution in [0.25, 0.3) is 0 Å². The third-order valence-electron chi connectivity index (χ3n) is 7.49. The van der Waals surface area contributed by atoms with Gasteiger partial charge in [0.1, 0.15) is 24.2 Å². The predicted molar refractivity (Wildman–Crippen MR) is 156 cm³/mol. The van der Waals surface area contributed by atoms with Crippen LogP contribution in [0.2, 0.25) is 0 Å². The van der Waals surface area contributed by atoms with E-state index < -0.39 is 48.0 Å². The molecule has 1 aromatic rings. The van der Waals surface area contributed by atoms with Crippen LogP contribution in [0.3, 0.4) is 0 Å². The molecule has 0 aliphatic heterocycles. The number of carboxylic acid groups (broad SMARTS) is 1. The Labute approximate surface area is 240 Å². The Balaban J connectivity index is 2.99. The first-order valence-electron chi connectivity index (χ1n) is 14.8. The lowest BCUT2D eigenvalue weighted by Crippen LogP contribution is -2.52. The minimum absolute atomic E-state index is 0.0639. The van der Waals surface area contributed by atoms with Crippen LogP contribution in [0.15, 0.2) is 30.3 Å². The van der Waals surface area contributed by atoms with Gasteiger partial charge in [0.15, 0.2) is 0 Å². The van der Waals surface area contributed by atoms with Crippen molar-refractivity contribution in [2.24, 2.45) is 17.6 Å². The molecule has 6 atom stereocenters. The van der Waals surface area contributed by atoms with Crippen molar-refractivity contribution in [3.05, 3.63) is 35.9 Å². The second-order valence-electron chi connectivity index (χ2n) is 11.0. The van der Waals surface area contributed by atoms with Gasteiger partial charge in [-0.1, -0.05) is 103 Å². The maximum atomic E-state index is 13.2. The summed E-state index contributed by atoms with van der Waals surface area (Å²) in [5.41, 5.74) is 6.93. The summed E-state index contributed by atoms with van der Waals surface area (Å²) in [6, 6.07) is 6.26. The second-order valence-corrected chi connectivity index (χ2v) is 11.0. The average molecular weight is 562 g/mol. The quantitative estimate of drug-likeness (QED) is 0.136. The van der Waals surface area contributed by atoms with Gasteiger partial charge in [0, 0.05) is 6.42 Å². The topological polar surface area (TPSA) is 148 Å². The third kappa shape index (κ3) is 13.4. The summed E-state index contributed by atoms with van der Waals surface area (Å²) < 4.78 is 5.82. The number of nitrogens with one attached hydrogen (secondary N) is 2. The molecule has 0 unspecified atom stereocenters. The van der Waals surface area contributed by atoms with Crippen LogP contribution in [0, 0.1) is 11.8 Å². The molecule has 0 aromatic heterocycles. The van der Waals surface area contributed by atoms with Crippen molar-refractivity contribution in [3.63, 3.8) is 0 Å². The van der Waals surface area contributed by atoms with Crippen molar-refractivity contribution in [1.82, 2.24) is 10.6 Å². The van der Waals surface area contributed by atoms with Crippen LogP contribution >= 0.6 is 0 Å². The maximum Gasteiger partial charge on any atom is 0.325 e. The highest BCUT2D eigenvalue weighted by molar-refractivity contribution is 5.90. The lowest BCUT2D eigenvalue weighted by Gasteiger charge is -2.27. The SMILES string of the molecule is CCCCCCCC[C@H](C)[C@H](CC(=O)N[C@H](Cc1ccccc1)C(=O)N[C@H](C)C(=O)O)OC(=O)[C@H](N)[C@H](C)CC. The van der Waals surface area contributed by atoms with Crippen molar-refractivity contribution >= 4 is 23.8 Å². The van der Waals surface area contributed by atoms with Gasteiger partial charge in [0.2, 0.25) is 11.8 Å². The van der Waals surface area contributed by atoms with Gasteiger partial charge in [-0.2, -0.15) is 0 Å². The van der Waals surface area contributed by atoms with Crippen molar-refractivity contribution in [2.75, 3.05) is 0 Å². The Bertz CT molecular complexity index is 910. The molecule has 0 bridgehead atoms. The second kappa shape index (κ2) is 19.2. The van der Waals surface area contributed by atoms with E-state index in [1.54, 1.807) is 0 Å². The zero-order valence-electron chi connectivity index (χ0n) is 25.0. The smallest absolute Gasteiger partial charge is 0.325 e. The predicted octanol–water partition coefficient (Wildman–Crippen LogP) is 4.37. The largest absolute Gasteiger partial charge is 0.480 e. The molecule has 0 fully saturated rings. The van der Waals surface area contributed by atoms with Crippen LogP contribution in [-0.4, -0.2) is 53.1 Å². The number of aliphatic carboxylic acids is 1. The Morgan fingerprint density at radius 1 is 0.900 bits per heavy atom. The molecule has 0 aliphatic carbocycles. The van der Waals surface area contributed by atoms with Gasteiger partial charge >= 0.3 is 11.9 Å². The number of rotatable bonds is 20. The van der Waals surface area contributed by atoms with Crippen LogP contribution in [-0.2, 0) is 30.3 Å². The van der Waals surface area contributed by atoms with Gasteiger partial charge in [-0.15, -0.1) is 0 Å². The first kappa shape index (κ1) is 35.1. The summed E-state index contributed by atoms with van der Waals surface area (Å²) in [6.07, 6.45) is 7.65. The molecule has 2 amide bonds. The molecule has 0 saturated heterocycles. The summed E-state index contributed by atoms with van der Waals surface area (Å²) in [6.45, 7) is 9.35. The molecule has 9 nitrogen and oxygen atoms in total. The molecule has 226 valence electrons. The summed E-state index contributed by atoms with van der Waals surface area (Å²) in [5.74, 6) is -2.91. The maximum absolute atomic E-state index is 13.2. The Morgan fingerprint density at radius 2 is 1.52 bits per heavy atom. The zero-order chi connectivity index (χ0) is 30.1. The Morgan fingerprint density at radius 3 is 2.12 bits per heavy atom. The third-order valence-corrected chi connectivity index (χ3v) is 7.49. The number of esters is 1. The van der Waals surface area contributed by atoms with E-state index in [0.717, 1.165) is 37.7 Å². The summed E-state index contributed by atoms with van der Waals surface area (Å²) in [7, 11) is 0. The normalized spacial score (nSPS) is 15.7. The Hall–Kier alpha value is -2.94. The zero-order valence-corrected chi connectivity index (χ0v) is 25.0. The molecule has 0 radical (unpaired) electrons. The molecular weight excluding hydrogens is 510 g/mol. The molecule has 40 heavy (non-hydrogen) atoms. The number of hydrogen-bond acceptors (Lipinski definition) is 6. The number of carbonyl (C=O) groups excluding carboxylic acids is 3. The van der Waals surface area contributed by atoms with Gasteiger partial charge in [-0.3, -0.25) is 19.2 Å². The number of amides is 2. The number of hydrogen-bond donors (Lipinski definition) is 4. The molecule has 0 aliphatic rings. The van der Waals surface area contributed by atoms with Gasteiger partial charge in [-0.05, 0) is 30.7 Å². The number of unbranched alkanes of at least 4 members (excludes halogenated alkanes) is 5. The van der Waals surface area contributed by atoms with Crippen LogP contribution in [0.5, 0.6) is 0 Å². The highest BCUT2D eigenvalue weighted by Crippen LogP contribution is 2.21. The van der Waals surface area contributed by atoms with E-state index in [2.05, 4.69) is 17.6 Å². The lowest BCUT2D eigenvalue weighted by molar-refractivity contribution is -0.156. The minimum Gasteiger partial charge on any atom is -0.480 e. The number of carboxylic acids is 1.